The molecule has 2 heterocycles. The highest BCUT2D eigenvalue weighted by molar-refractivity contribution is 6.07. The molecular weight excluding hydrogens is 330 g/mol. The largest absolute Gasteiger partial charge is 0.356 e. The Morgan fingerprint density at radius 2 is 1.92 bits per heavy atom. The van der Waals surface area contributed by atoms with Crippen molar-refractivity contribution in [1.29, 1.82) is 0 Å². The van der Waals surface area contributed by atoms with E-state index in [-0.39, 0.29) is 17.9 Å². The van der Waals surface area contributed by atoms with Crippen molar-refractivity contribution in [3.8, 4) is 0 Å². The molecule has 26 heavy (non-hydrogen) atoms. The molecule has 0 aromatic rings. The zero-order chi connectivity index (χ0) is 18.8. The number of carbonyl (C=O) groups excluding carboxylic acids is 2. The summed E-state index contributed by atoms with van der Waals surface area (Å²) in [6, 6.07) is -0.376. The van der Waals surface area contributed by atoms with Gasteiger partial charge >= 0.3 is 6.03 Å². The fourth-order valence-corrected chi connectivity index (χ4v) is 4.89. The Labute approximate surface area is 156 Å². The summed E-state index contributed by atoms with van der Waals surface area (Å²) in [5.41, 5.74) is -0.357. The monoisotopic (exact) mass is 363 g/mol. The van der Waals surface area contributed by atoms with E-state index in [0.717, 1.165) is 38.4 Å². The number of rotatable bonds is 4. The van der Waals surface area contributed by atoms with Crippen LogP contribution in [-0.4, -0.2) is 55.0 Å². The molecule has 0 radical (unpaired) electrons. The maximum atomic E-state index is 12.2. The topological polar surface area (TPSA) is 85.8 Å². The van der Waals surface area contributed by atoms with E-state index < -0.39 is 5.54 Å². The van der Waals surface area contributed by atoms with E-state index in [1.54, 1.807) is 0 Å². The van der Waals surface area contributed by atoms with E-state index in [1.165, 1.54) is 32.1 Å². The lowest BCUT2D eigenvalue weighted by Crippen LogP contribution is -2.55. The maximum absolute atomic E-state index is 12.2. The molecule has 1 atom stereocenters. The summed E-state index contributed by atoms with van der Waals surface area (Å²) in [7, 11) is 1.84. The molecule has 3 rings (SSSR count). The third kappa shape index (κ3) is 3.53. The predicted octanol–water partition coefficient (Wildman–Crippen LogP) is 1.84. The zero-order valence-electron chi connectivity index (χ0n) is 16.4. The number of nitrogens with one attached hydrogen (secondary N) is 3. The van der Waals surface area contributed by atoms with Gasteiger partial charge in [-0.1, -0.05) is 19.8 Å². The minimum absolute atomic E-state index is 0.153. The van der Waals surface area contributed by atoms with Gasteiger partial charge in [-0.25, -0.2) is 4.79 Å². The van der Waals surface area contributed by atoms with Crippen molar-refractivity contribution in [2.24, 2.45) is 16.3 Å². The number of urea groups is 1. The minimum Gasteiger partial charge on any atom is -0.356 e. The molecule has 1 unspecified atom stereocenters. The lowest BCUT2D eigenvalue weighted by molar-refractivity contribution is -0.125. The normalized spacial score (nSPS) is 29.7. The first-order chi connectivity index (χ1) is 12.4. The molecule has 0 bridgehead atoms. The highest BCUT2D eigenvalue weighted by Gasteiger charge is 2.48. The van der Waals surface area contributed by atoms with Gasteiger partial charge in [-0.05, 0) is 50.4 Å². The first-order valence-electron chi connectivity index (χ1n) is 10.0. The van der Waals surface area contributed by atoms with E-state index in [0.29, 0.717) is 5.41 Å². The Kier molecular flexibility index (Phi) is 5.44. The van der Waals surface area contributed by atoms with Gasteiger partial charge in [0.25, 0.3) is 5.91 Å². The first-order valence-corrected chi connectivity index (χ1v) is 10.0. The molecule has 3 fully saturated rings. The maximum Gasteiger partial charge on any atom is 0.322 e. The molecule has 3 amide bonds. The van der Waals surface area contributed by atoms with Crippen molar-refractivity contribution in [2.45, 2.75) is 64.3 Å². The van der Waals surface area contributed by atoms with Crippen molar-refractivity contribution in [2.75, 3.05) is 26.7 Å². The van der Waals surface area contributed by atoms with Gasteiger partial charge in [0, 0.05) is 26.7 Å². The van der Waals surface area contributed by atoms with Crippen molar-refractivity contribution in [1.82, 2.24) is 20.9 Å². The molecule has 3 N–H and O–H groups in total. The molecule has 146 valence electrons. The van der Waals surface area contributed by atoms with Crippen LogP contribution in [0.5, 0.6) is 0 Å². The lowest BCUT2D eigenvalue weighted by atomic mass is 9.79. The van der Waals surface area contributed by atoms with Crippen molar-refractivity contribution in [3.05, 3.63) is 0 Å². The molecule has 1 aliphatic carbocycles. The summed E-state index contributed by atoms with van der Waals surface area (Å²) >= 11 is 0. The number of guanidine groups is 1. The van der Waals surface area contributed by atoms with Gasteiger partial charge in [0.2, 0.25) is 0 Å². The van der Waals surface area contributed by atoms with Crippen molar-refractivity contribution in [3.63, 3.8) is 0 Å². The second-order valence-corrected chi connectivity index (χ2v) is 8.33. The van der Waals surface area contributed by atoms with Gasteiger partial charge in [0.05, 0.1) is 0 Å². The predicted molar refractivity (Wildman–Crippen MR) is 102 cm³/mol. The Morgan fingerprint density at radius 3 is 2.42 bits per heavy atom. The molecule has 0 aromatic carbocycles. The van der Waals surface area contributed by atoms with Crippen LogP contribution in [0.3, 0.4) is 0 Å². The summed E-state index contributed by atoms with van der Waals surface area (Å²) < 4.78 is 0. The highest BCUT2D eigenvalue weighted by Crippen LogP contribution is 2.40. The molecule has 2 aliphatic heterocycles. The van der Waals surface area contributed by atoms with Crippen LogP contribution in [0.25, 0.3) is 0 Å². The summed E-state index contributed by atoms with van der Waals surface area (Å²) in [6.07, 6.45) is 8.24. The summed E-state index contributed by atoms with van der Waals surface area (Å²) in [4.78, 5) is 30.4. The van der Waals surface area contributed by atoms with E-state index in [2.05, 4.69) is 32.8 Å². The fraction of sp³-hybridized carbons (Fsp3) is 0.842. The standard InChI is InChI=1S/C19H33N5O2/c1-4-19(9-5-6-10-19)13-21-16(20-3)24-11-7-14(8-12-24)18(2)15(25)22-17(26)23-18/h14H,4-13H2,1-3H3,(H,20,21)(H2,22,23,25,26). The van der Waals surface area contributed by atoms with Gasteiger partial charge in [-0.2, -0.15) is 0 Å². The van der Waals surface area contributed by atoms with Crippen LogP contribution in [0.4, 0.5) is 4.79 Å². The van der Waals surface area contributed by atoms with Gasteiger partial charge in [-0.15, -0.1) is 0 Å². The van der Waals surface area contributed by atoms with Crippen LogP contribution in [0.15, 0.2) is 4.99 Å². The Hall–Kier alpha value is -1.79. The SMILES string of the molecule is CCC1(CNC(=NC)N2CCC(C3(C)NC(=O)NC3=O)CC2)CCCC1. The van der Waals surface area contributed by atoms with Crippen LogP contribution in [-0.2, 0) is 4.79 Å². The Balaban J connectivity index is 1.55. The van der Waals surface area contributed by atoms with Gasteiger partial charge in [-0.3, -0.25) is 15.1 Å². The molecular formula is C19H33N5O2. The van der Waals surface area contributed by atoms with Gasteiger partial charge < -0.3 is 15.5 Å². The van der Waals surface area contributed by atoms with E-state index >= 15 is 0 Å². The average Bonchev–Trinajstić information content (AvgIpc) is 3.21. The quantitative estimate of drug-likeness (QED) is 0.404. The Bertz CT molecular complexity index is 576. The van der Waals surface area contributed by atoms with Gasteiger partial charge in [0.15, 0.2) is 5.96 Å². The molecule has 3 aliphatic rings. The number of piperidine rings is 1. The smallest absolute Gasteiger partial charge is 0.322 e. The van der Waals surface area contributed by atoms with Gasteiger partial charge in [0.1, 0.15) is 5.54 Å². The molecule has 0 aromatic heterocycles. The number of hydrogen-bond donors (Lipinski definition) is 3. The number of amides is 3. The van der Waals surface area contributed by atoms with Crippen LogP contribution >= 0.6 is 0 Å². The van der Waals surface area contributed by atoms with Crippen LogP contribution in [0, 0.1) is 11.3 Å². The van der Waals surface area contributed by atoms with Crippen LogP contribution in [0.2, 0.25) is 0 Å². The van der Waals surface area contributed by atoms with Crippen LogP contribution in [0.1, 0.15) is 58.8 Å². The van der Waals surface area contributed by atoms with E-state index in [4.69, 9.17) is 0 Å². The Morgan fingerprint density at radius 1 is 1.27 bits per heavy atom. The lowest BCUT2D eigenvalue weighted by Gasteiger charge is -2.40. The zero-order valence-corrected chi connectivity index (χ0v) is 16.4. The summed E-state index contributed by atoms with van der Waals surface area (Å²) in [5.74, 6) is 0.919. The van der Waals surface area contributed by atoms with E-state index in [9.17, 15) is 9.59 Å². The third-order valence-electron chi connectivity index (χ3n) is 6.93. The second kappa shape index (κ2) is 7.45. The summed E-state index contributed by atoms with van der Waals surface area (Å²) in [5, 5.41) is 8.80. The number of nitrogens with zero attached hydrogens (tertiary/aromatic N) is 2. The van der Waals surface area contributed by atoms with Crippen molar-refractivity contribution < 1.29 is 9.59 Å². The highest BCUT2D eigenvalue weighted by atomic mass is 16.2. The third-order valence-corrected chi connectivity index (χ3v) is 6.93. The number of carbonyl (C=O) groups is 2. The fourth-order valence-electron chi connectivity index (χ4n) is 4.89. The molecule has 7 heteroatoms. The van der Waals surface area contributed by atoms with E-state index in [1.807, 2.05) is 14.0 Å². The minimum atomic E-state index is -0.782. The molecule has 7 nitrogen and oxygen atoms in total. The second-order valence-electron chi connectivity index (χ2n) is 8.33. The number of imide groups is 1. The number of aliphatic imine (C=N–C) groups is 1. The average molecular weight is 364 g/mol. The van der Waals surface area contributed by atoms with Crippen LogP contribution < -0.4 is 16.0 Å². The molecule has 1 saturated carbocycles. The summed E-state index contributed by atoms with van der Waals surface area (Å²) in [6.45, 7) is 6.82. The first kappa shape index (κ1) is 19.0. The molecule has 0 spiro atoms. The molecule has 2 saturated heterocycles. The van der Waals surface area contributed by atoms with Crippen molar-refractivity contribution >= 4 is 17.9 Å². The number of likely N-dealkylation sites (tertiary alicyclic amines) is 1. The number of hydrogen-bond acceptors (Lipinski definition) is 3.